The van der Waals surface area contributed by atoms with Crippen molar-refractivity contribution in [1.29, 1.82) is 0 Å². The molecule has 0 aliphatic rings. The summed E-state index contributed by atoms with van der Waals surface area (Å²) in [5, 5.41) is 7.51. The third-order valence-electron chi connectivity index (χ3n) is 4.97. The van der Waals surface area contributed by atoms with Crippen LogP contribution in [0.5, 0.6) is 0 Å². The molecule has 0 bridgehead atoms. The number of hydrogen-bond donors (Lipinski definition) is 0. The molecule has 5 nitrogen and oxygen atoms in total. The number of aryl methyl sites for hydroxylation is 1. The van der Waals surface area contributed by atoms with Gasteiger partial charge in [-0.05, 0) is 60.8 Å². The Balaban J connectivity index is 1.51. The lowest BCUT2D eigenvalue weighted by molar-refractivity contribution is 0.0724. The predicted octanol–water partition coefficient (Wildman–Crippen LogP) is 6.03. The second-order valence-corrected chi connectivity index (χ2v) is 9.19. The molecule has 0 saturated carbocycles. The van der Waals surface area contributed by atoms with Crippen molar-refractivity contribution in [2.24, 2.45) is 0 Å². The summed E-state index contributed by atoms with van der Waals surface area (Å²) in [5.74, 6) is 0.379. The van der Waals surface area contributed by atoms with Crippen LogP contribution in [0.15, 0.2) is 70.7 Å². The minimum absolute atomic E-state index is 0.0592. The van der Waals surface area contributed by atoms with E-state index in [4.69, 9.17) is 4.42 Å². The average molecular weight is 452 g/mol. The van der Waals surface area contributed by atoms with Crippen LogP contribution in [0.1, 0.15) is 26.0 Å². The van der Waals surface area contributed by atoms with Crippen molar-refractivity contribution < 1.29 is 13.6 Å². The number of fused-ring (bicyclic) bond motifs is 1. The number of amides is 1. The number of furan rings is 1. The Morgan fingerprint density at radius 1 is 1.16 bits per heavy atom. The number of hydrogen-bond acceptors (Lipinski definition) is 5. The molecule has 4 heterocycles. The maximum atomic E-state index is 13.5. The summed E-state index contributed by atoms with van der Waals surface area (Å²) < 4.78 is 20.6. The Hall–Kier alpha value is -3.23. The zero-order valence-corrected chi connectivity index (χ0v) is 18.3. The normalized spacial score (nSPS) is 11.3. The highest BCUT2D eigenvalue weighted by atomic mass is 32.1. The van der Waals surface area contributed by atoms with Gasteiger partial charge in [-0.25, -0.2) is 9.07 Å². The maximum Gasteiger partial charge on any atom is 0.264 e. The fourth-order valence-electron chi connectivity index (χ4n) is 3.45. The number of benzene rings is 1. The number of rotatable bonds is 6. The molecule has 0 unspecified atom stereocenters. The molecule has 0 N–H and O–H groups in total. The second-order valence-electron chi connectivity index (χ2n) is 7.12. The molecular formula is C23H18FN3O2S2. The first-order valence-electron chi connectivity index (χ1n) is 9.67. The van der Waals surface area contributed by atoms with Gasteiger partial charge in [-0.15, -0.1) is 22.7 Å². The van der Waals surface area contributed by atoms with Crippen LogP contribution < -0.4 is 0 Å². The van der Waals surface area contributed by atoms with Crippen LogP contribution in [-0.4, -0.2) is 20.6 Å². The highest BCUT2D eigenvalue weighted by molar-refractivity contribution is 7.20. The Labute approximate surface area is 186 Å². The standard InChI is InChI=1S/C23H18FN3O2S2/c1-15-20-12-21(31-23(20)27(25-15)17-8-6-16(24)7-9-17)22(28)26(13-18-4-2-10-29-18)14-19-5-3-11-30-19/h2-12H,13-14H2,1H3. The summed E-state index contributed by atoms with van der Waals surface area (Å²) in [4.78, 5) is 17.9. The van der Waals surface area contributed by atoms with Crippen molar-refractivity contribution in [3.05, 3.63) is 93.3 Å². The molecule has 0 saturated heterocycles. The van der Waals surface area contributed by atoms with Crippen LogP contribution in [-0.2, 0) is 13.1 Å². The van der Waals surface area contributed by atoms with E-state index < -0.39 is 0 Å². The molecule has 8 heteroatoms. The quantitative estimate of drug-likeness (QED) is 0.317. The van der Waals surface area contributed by atoms with Crippen molar-refractivity contribution >= 4 is 38.8 Å². The van der Waals surface area contributed by atoms with Crippen LogP contribution in [0.4, 0.5) is 4.39 Å². The highest BCUT2D eigenvalue weighted by Gasteiger charge is 2.23. The Kier molecular flexibility index (Phi) is 5.17. The largest absolute Gasteiger partial charge is 0.467 e. The van der Waals surface area contributed by atoms with Crippen molar-refractivity contribution in [3.8, 4) is 5.69 Å². The second kappa shape index (κ2) is 8.13. The van der Waals surface area contributed by atoms with E-state index in [1.807, 2.05) is 42.6 Å². The van der Waals surface area contributed by atoms with Gasteiger partial charge in [0.1, 0.15) is 16.4 Å². The number of halogens is 1. The molecule has 0 atom stereocenters. The minimum Gasteiger partial charge on any atom is -0.467 e. The SMILES string of the molecule is Cc1nn(-c2ccc(F)cc2)c2sc(C(=O)N(Cc3ccco3)Cc3cccs3)cc12. The van der Waals surface area contributed by atoms with Crippen molar-refractivity contribution in [1.82, 2.24) is 14.7 Å². The van der Waals surface area contributed by atoms with Crippen molar-refractivity contribution in [2.45, 2.75) is 20.0 Å². The molecule has 0 aliphatic heterocycles. The van der Waals surface area contributed by atoms with Gasteiger partial charge in [0.15, 0.2) is 0 Å². The highest BCUT2D eigenvalue weighted by Crippen LogP contribution is 2.32. The van der Waals surface area contributed by atoms with Gasteiger partial charge in [0, 0.05) is 10.3 Å². The van der Waals surface area contributed by atoms with Crippen LogP contribution in [0.2, 0.25) is 0 Å². The average Bonchev–Trinajstić information content (AvgIpc) is 3.55. The maximum absolute atomic E-state index is 13.5. The van der Waals surface area contributed by atoms with E-state index in [2.05, 4.69) is 5.10 Å². The lowest BCUT2D eigenvalue weighted by Gasteiger charge is -2.20. The van der Waals surface area contributed by atoms with E-state index in [1.54, 1.807) is 39.3 Å². The Morgan fingerprint density at radius 2 is 2.00 bits per heavy atom. The number of thiophene rings is 2. The predicted molar refractivity (Wildman–Crippen MR) is 120 cm³/mol. The summed E-state index contributed by atoms with van der Waals surface area (Å²) in [5.41, 5.74) is 1.58. The smallest absolute Gasteiger partial charge is 0.264 e. The number of carbonyl (C=O) groups is 1. The molecule has 5 rings (SSSR count). The number of nitrogens with zero attached hydrogens (tertiary/aromatic N) is 3. The van der Waals surface area contributed by atoms with Gasteiger partial charge in [-0.3, -0.25) is 4.79 Å². The van der Waals surface area contributed by atoms with Gasteiger partial charge in [0.05, 0.1) is 35.6 Å². The lowest BCUT2D eigenvalue weighted by Crippen LogP contribution is -2.29. The molecule has 0 radical (unpaired) electrons. The molecule has 156 valence electrons. The van der Waals surface area contributed by atoms with Crippen LogP contribution in [0.3, 0.4) is 0 Å². The van der Waals surface area contributed by atoms with E-state index in [0.717, 1.165) is 32.2 Å². The van der Waals surface area contributed by atoms with Crippen LogP contribution in [0.25, 0.3) is 15.9 Å². The summed E-state index contributed by atoms with van der Waals surface area (Å²) >= 11 is 3.01. The van der Waals surface area contributed by atoms with Gasteiger partial charge < -0.3 is 9.32 Å². The molecule has 1 amide bonds. The van der Waals surface area contributed by atoms with E-state index >= 15 is 0 Å². The molecule has 0 aliphatic carbocycles. The number of carbonyl (C=O) groups excluding carboxylic acids is 1. The molecule has 1 aromatic carbocycles. The third kappa shape index (κ3) is 3.92. The summed E-state index contributed by atoms with van der Waals surface area (Å²) in [7, 11) is 0. The van der Waals surface area contributed by atoms with Gasteiger partial charge >= 0.3 is 0 Å². The van der Waals surface area contributed by atoms with E-state index in [-0.39, 0.29) is 11.7 Å². The van der Waals surface area contributed by atoms with Crippen molar-refractivity contribution in [3.63, 3.8) is 0 Å². The zero-order chi connectivity index (χ0) is 21.4. The van der Waals surface area contributed by atoms with Gasteiger partial charge in [-0.2, -0.15) is 5.10 Å². The minimum atomic E-state index is -0.298. The fraction of sp³-hybridized carbons (Fsp3) is 0.130. The molecule has 0 fully saturated rings. The Bertz CT molecular complexity index is 1280. The summed E-state index contributed by atoms with van der Waals surface area (Å²) in [6.45, 7) is 2.81. The van der Waals surface area contributed by atoms with Gasteiger partial charge in [0.25, 0.3) is 5.91 Å². The van der Waals surface area contributed by atoms with Gasteiger partial charge in [-0.1, -0.05) is 6.07 Å². The fourth-order valence-corrected chi connectivity index (χ4v) is 5.32. The summed E-state index contributed by atoms with van der Waals surface area (Å²) in [6.07, 6.45) is 1.61. The molecule has 4 aromatic heterocycles. The van der Waals surface area contributed by atoms with Gasteiger partial charge in [0.2, 0.25) is 0 Å². The first-order chi connectivity index (χ1) is 15.1. The lowest BCUT2D eigenvalue weighted by atomic mass is 10.2. The molecule has 0 spiro atoms. The van der Waals surface area contributed by atoms with E-state index in [1.165, 1.54) is 23.5 Å². The number of aromatic nitrogens is 2. The molecular weight excluding hydrogens is 433 g/mol. The first-order valence-corrected chi connectivity index (χ1v) is 11.4. The van der Waals surface area contributed by atoms with E-state index in [9.17, 15) is 9.18 Å². The van der Waals surface area contributed by atoms with Crippen LogP contribution in [0, 0.1) is 12.7 Å². The topological polar surface area (TPSA) is 51.3 Å². The van der Waals surface area contributed by atoms with Crippen molar-refractivity contribution in [2.75, 3.05) is 0 Å². The zero-order valence-electron chi connectivity index (χ0n) is 16.6. The third-order valence-corrected chi connectivity index (χ3v) is 6.93. The first kappa shape index (κ1) is 19.7. The Morgan fingerprint density at radius 3 is 2.71 bits per heavy atom. The molecule has 5 aromatic rings. The van der Waals surface area contributed by atoms with E-state index in [0.29, 0.717) is 18.0 Å². The van der Waals surface area contributed by atoms with Crippen LogP contribution >= 0.6 is 22.7 Å². The molecule has 31 heavy (non-hydrogen) atoms. The summed E-state index contributed by atoms with van der Waals surface area (Å²) in [6, 6.07) is 15.8. The monoisotopic (exact) mass is 451 g/mol.